The van der Waals surface area contributed by atoms with Crippen LogP contribution in [0.5, 0.6) is 0 Å². The van der Waals surface area contributed by atoms with Crippen molar-refractivity contribution in [2.45, 2.75) is 0 Å². The Labute approximate surface area is 381 Å². The van der Waals surface area contributed by atoms with Gasteiger partial charge in [-0.3, -0.25) is 9.13 Å². The van der Waals surface area contributed by atoms with E-state index in [9.17, 15) is 0 Å². The van der Waals surface area contributed by atoms with E-state index in [4.69, 9.17) is 62.1 Å². The van der Waals surface area contributed by atoms with E-state index in [0.717, 1.165) is 77.8 Å². The van der Waals surface area contributed by atoms with Gasteiger partial charge in [0.2, 0.25) is 0 Å². The number of hydrogen-bond acceptors (Lipinski definition) is 4. The van der Waals surface area contributed by atoms with E-state index in [2.05, 4.69) is 78.9 Å². The van der Waals surface area contributed by atoms with Crippen molar-refractivity contribution in [2.24, 2.45) is 0 Å². The molecule has 10 rings (SSSR count). The summed E-state index contributed by atoms with van der Waals surface area (Å²) in [4.78, 5) is 9.71. The molecule has 0 atom stereocenters. The molecule has 8 aromatic carbocycles. The van der Waals surface area contributed by atoms with Crippen LogP contribution in [0.1, 0.15) is 0 Å². The summed E-state index contributed by atoms with van der Waals surface area (Å²) < 4.78 is 5.20. The predicted molar refractivity (Wildman–Crippen MR) is 261 cm³/mol. The van der Waals surface area contributed by atoms with Gasteiger partial charge in [0, 0.05) is 38.3 Å². The molecule has 11 heteroatoms. The first-order chi connectivity index (χ1) is 29.7. The van der Waals surface area contributed by atoms with Crippen molar-refractivity contribution in [1.82, 2.24) is 19.1 Å². The number of nitrogens with one attached hydrogen (secondary N) is 1. The maximum atomic E-state index is 6.30. The standard InChI is InChI=1S/C25H17Cl2N3.C19H15N3.C6H3BrCl2/c26-20-9-6-11-22(24(20)27)28-18-15-13-17(14-16-18)25-29-21-10-4-5-12-23(21)30(25)19-7-2-1-3-8-19;20-15-12-10-14(11-13-15)19-21-17-8-4-5-9-18(17)22(19)16-6-2-1-3-7-16;7-4-2-1-3-5(8)6(4)9/h1-16,28H;1-13H,20H2;1-3H. The fourth-order valence-electron chi connectivity index (χ4n) is 6.68. The van der Waals surface area contributed by atoms with Crippen molar-refractivity contribution in [3.05, 3.63) is 219 Å². The molecule has 61 heavy (non-hydrogen) atoms. The molecule has 3 N–H and O–H groups in total. The van der Waals surface area contributed by atoms with Gasteiger partial charge in [0.1, 0.15) is 11.6 Å². The van der Waals surface area contributed by atoms with Crippen LogP contribution >= 0.6 is 62.3 Å². The first-order valence-corrected chi connectivity index (χ1v) is 21.4. The number of nitrogens with two attached hydrogens (primary N) is 1. The topological polar surface area (TPSA) is 73.7 Å². The molecular weight excluding hydrogens is 906 g/mol. The van der Waals surface area contributed by atoms with Gasteiger partial charge >= 0.3 is 0 Å². The lowest BCUT2D eigenvalue weighted by Crippen LogP contribution is -1.97. The van der Waals surface area contributed by atoms with Crippen molar-refractivity contribution >= 4 is 101 Å². The lowest BCUT2D eigenvalue weighted by atomic mass is 10.1. The molecule has 0 aliphatic carbocycles. The van der Waals surface area contributed by atoms with Gasteiger partial charge in [-0.1, -0.05) is 119 Å². The molecule has 2 aromatic heterocycles. The first-order valence-electron chi connectivity index (χ1n) is 19.1. The van der Waals surface area contributed by atoms with Gasteiger partial charge in [0.05, 0.1) is 47.8 Å². The van der Waals surface area contributed by atoms with Crippen LogP contribution in [0.2, 0.25) is 20.1 Å². The van der Waals surface area contributed by atoms with Crippen LogP contribution in [0.25, 0.3) is 56.2 Å². The second-order valence-corrected chi connectivity index (χ2v) is 16.1. The van der Waals surface area contributed by atoms with Crippen molar-refractivity contribution in [3.8, 4) is 34.2 Å². The third kappa shape index (κ3) is 9.47. The predicted octanol–water partition coefficient (Wildman–Crippen LogP) is 15.8. The number of nitrogen functional groups attached to an aromatic ring is 1. The van der Waals surface area contributed by atoms with Crippen LogP contribution in [0.3, 0.4) is 0 Å². The lowest BCUT2D eigenvalue weighted by Gasteiger charge is -2.12. The maximum absolute atomic E-state index is 6.30. The minimum atomic E-state index is 0.508. The SMILES string of the molecule is Clc1cccc(Br)c1Cl.Clc1cccc(Nc2ccc(-c3nc4ccccc4n3-c3ccccc3)cc2)c1Cl.Nc1ccc(-c2nc3ccccc3n2-c2ccccc2)cc1. The zero-order valence-electron chi connectivity index (χ0n) is 32.2. The number of nitrogens with zero attached hydrogens (tertiary/aromatic N) is 4. The fourth-order valence-corrected chi connectivity index (χ4v) is 7.81. The van der Waals surface area contributed by atoms with E-state index in [1.807, 2.05) is 133 Å². The quantitative estimate of drug-likeness (QED) is 0.129. The van der Waals surface area contributed by atoms with Crippen LogP contribution in [-0.4, -0.2) is 19.1 Å². The van der Waals surface area contributed by atoms with Gasteiger partial charge in [-0.05, 0) is 137 Å². The molecule has 0 aliphatic heterocycles. The summed E-state index contributed by atoms with van der Waals surface area (Å²) >= 11 is 27.0. The Morgan fingerprint density at radius 3 is 1.38 bits per heavy atom. The molecule has 0 fully saturated rings. The number of aromatic nitrogens is 4. The van der Waals surface area contributed by atoms with Crippen LogP contribution < -0.4 is 11.1 Å². The monoisotopic (exact) mass is 938 g/mol. The highest BCUT2D eigenvalue weighted by Gasteiger charge is 2.15. The van der Waals surface area contributed by atoms with Gasteiger partial charge < -0.3 is 11.1 Å². The van der Waals surface area contributed by atoms with E-state index in [0.29, 0.717) is 20.1 Å². The van der Waals surface area contributed by atoms with E-state index in [1.54, 1.807) is 12.1 Å². The number of fused-ring (bicyclic) bond motifs is 2. The summed E-state index contributed by atoms with van der Waals surface area (Å²) in [6.07, 6.45) is 0. The average molecular weight is 942 g/mol. The normalized spacial score (nSPS) is 10.8. The Balaban J connectivity index is 0.000000144. The number of halogens is 5. The summed E-state index contributed by atoms with van der Waals surface area (Å²) in [6, 6.07) is 63.8. The molecule has 0 amide bonds. The number of hydrogen-bond donors (Lipinski definition) is 2. The molecule has 0 spiro atoms. The molecule has 300 valence electrons. The summed E-state index contributed by atoms with van der Waals surface area (Å²) in [5.41, 5.74) is 16.6. The number of anilines is 3. The Kier molecular flexibility index (Phi) is 13.1. The summed E-state index contributed by atoms with van der Waals surface area (Å²) in [5, 5.41) is 5.50. The first kappa shape index (κ1) is 41.7. The Morgan fingerprint density at radius 2 is 0.885 bits per heavy atom. The van der Waals surface area contributed by atoms with Gasteiger partial charge in [0.15, 0.2) is 0 Å². The molecule has 0 aliphatic rings. The van der Waals surface area contributed by atoms with E-state index >= 15 is 0 Å². The summed E-state index contributed by atoms with van der Waals surface area (Å²) in [5.74, 6) is 1.82. The largest absolute Gasteiger partial charge is 0.399 e. The van der Waals surface area contributed by atoms with Crippen molar-refractivity contribution in [1.29, 1.82) is 0 Å². The third-order valence-electron chi connectivity index (χ3n) is 9.60. The number of benzene rings is 8. The number of rotatable bonds is 6. The van der Waals surface area contributed by atoms with Gasteiger partial charge in [-0.25, -0.2) is 9.97 Å². The molecule has 0 saturated heterocycles. The molecule has 0 bridgehead atoms. The second kappa shape index (κ2) is 19.1. The van der Waals surface area contributed by atoms with Crippen molar-refractivity contribution in [3.63, 3.8) is 0 Å². The lowest BCUT2D eigenvalue weighted by molar-refractivity contribution is 1.10. The molecule has 2 heterocycles. The van der Waals surface area contributed by atoms with Crippen LogP contribution in [-0.2, 0) is 0 Å². The van der Waals surface area contributed by atoms with E-state index < -0.39 is 0 Å². The Morgan fingerprint density at radius 1 is 0.443 bits per heavy atom. The minimum Gasteiger partial charge on any atom is -0.399 e. The minimum absolute atomic E-state index is 0.508. The highest BCUT2D eigenvalue weighted by atomic mass is 79.9. The fraction of sp³-hybridized carbons (Fsp3) is 0. The van der Waals surface area contributed by atoms with Crippen LogP contribution in [0, 0.1) is 0 Å². The highest BCUT2D eigenvalue weighted by Crippen LogP contribution is 2.34. The number of para-hydroxylation sites is 6. The summed E-state index contributed by atoms with van der Waals surface area (Å²) in [6.45, 7) is 0. The van der Waals surface area contributed by atoms with Gasteiger partial charge in [-0.2, -0.15) is 0 Å². The Bertz CT molecular complexity index is 3040. The molecular formula is C50H35BrCl4N6. The third-order valence-corrected chi connectivity index (χ3v) is 12.1. The van der Waals surface area contributed by atoms with Gasteiger partial charge in [-0.15, -0.1) is 0 Å². The van der Waals surface area contributed by atoms with Crippen LogP contribution in [0.15, 0.2) is 199 Å². The Hall–Kier alpha value is -6.06. The molecule has 0 saturated carbocycles. The van der Waals surface area contributed by atoms with Crippen LogP contribution in [0.4, 0.5) is 17.1 Å². The van der Waals surface area contributed by atoms with Gasteiger partial charge in [0.25, 0.3) is 0 Å². The maximum Gasteiger partial charge on any atom is 0.145 e. The van der Waals surface area contributed by atoms with E-state index in [1.165, 1.54) is 0 Å². The van der Waals surface area contributed by atoms with Crippen molar-refractivity contribution < 1.29 is 0 Å². The number of imidazole rings is 2. The molecule has 6 nitrogen and oxygen atoms in total. The zero-order chi connectivity index (χ0) is 42.3. The smallest absolute Gasteiger partial charge is 0.145 e. The molecule has 10 aromatic rings. The average Bonchev–Trinajstić information content (AvgIpc) is 3.88. The molecule has 0 radical (unpaired) electrons. The van der Waals surface area contributed by atoms with E-state index in [-0.39, 0.29) is 0 Å². The van der Waals surface area contributed by atoms with Crippen molar-refractivity contribution in [2.75, 3.05) is 11.1 Å². The zero-order valence-corrected chi connectivity index (χ0v) is 36.8. The summed E-state index contributed by atoms with van der Waals surface area (Å²) in [7, 11) is 0. The molecule has 0 unspecified atom stereocenters. The second-order valence-electron chi connectivity index (χ2n) is 13.7. The highest BCUT2D eigenvalue weighted by molar-refractivity contribution is 9.10.